The summed E-state index contributed by atoms with van der Waals surface area (Å²) in [6.45, 7) is 5.15. The maximum Gasteiger partial charge on any atom is 0.161 e. The highest BCUT2D eigenvalue weighted by molar-refractivity contribution is 5.37. The first-order valence-electron chi connectivity index (χ1n) is 6.87. The second-order valence-corrected chi connectivity index (χ2v) is 4.92. The fourth-order valence-corrected chi connectivity index (χ4v) is 2.35. The molecule has 2 aromatic rings. The van der Waals surface area contributed by atoms with Gasteiger partial charge in [0.05, 0.1) is 25.5 Å². The first-order chi connectivity index (χ1) is 9.60. The van der Waals surface area contributed by atoms with E-state index in [1.807, 2.05) is 29.7 Å². The Bertz CT molecular complexity index is 572. The van der Waals surface area contributed by atoms with Crippen LogP contribution in [0, 0.1) is 6.92 Å². The van der Waals surface area contributed by atoms with Crippen LogP contribution in [0.15, 0.2) is 12.4 Å². The number of rotatable bonds is 6. The Morgan fingerprint density at radius 1 is 1.25 bits per heavy atom. The summed E-state index contributed by atoms with van der Waals surface area (Å²) < 4.78 is 9.19. The molecule has 0 aliphatic carbocycles. The van der Waals surface area contributed by atoms with Crippen molar-refractivity contribution in [3.63, 3.8) is 0 Å². The lowest BCUT2D eigenvalue weighted by Gasteiger charge is -2.20. The van der Waals surface area contributed by atoms with Crippen LogP contribution < -0.4 is 10.1 Å². The molecule has 20 heavy (non-hydrogen) atoms. The van der Waals surface area contributed by atoms with E-state index in [1.54, 1.807) is 13.3 Å². The van der Waals surface area contributed by atoms with E-state index in [1.165, 1.54) is 0 Å². The Morgan fingerprint density at radius 2 is 1.95 bits per heavy atom. The number of aromatic nitrogens is 4. The third kappa shape index (κ3) is 2.56. The van der Waals surface area contributed by atoms with E-state index in [4.69, 9.17) is 4.74 Å². The van der Waals surface area contributed by atoms with Crippen LogP contribution in [0.4, 0.5) is 0 Å². The van der Waals surface area contributed by atoms with Crippen molar-refractivity contribution in [2.24, 2.45) is 14.1 Å². The summed E-state index contributed by atoms with van der Waals surface area (Å²) in [4.78, 5) is 0. The zero-order valence-corrected chi connectivity index (χ0v) is 12.8. The molecule has 1 unspecified atom stereocenters. The molecule has 2 heterocycles. The number of hydrogen-bond donors (Lipinski definition) is 1. The molecule has 0 aromatic carbocycles. The molecule has 0 saturated heterocycles. The topological polar surface area (TPSA) is 56.9 Å². The number of hydrogen-bond acceptors (Lipinski definition) is 4. The highest BCUT2D eigenvalue weighted by Crippen LogP contribution is 2.30. The van der Waals surface area contributed by atoms with Gasteiger partial charge in [-0.1, -0.05) is 6.92 Å². The number of nitrogens with one attached hydrogen (secondary N) is 1. The number of nitrogens with zero attached hydrogens (tertiary/aromatic N) is 4. The molecule has 2 aromatic heterocycles. The normalized spacial score (nSPS) is 12.7. The zero-order chi connectivity index (χ0) is 14.7. The molecule has 0 radical (unpaired) electrons. The molecular weight excluding hydrogens is 254 g/mol. The fourth-order valence-electron chi connectivity index (χ4n) is 2.35. The quantitative estimate of drug-likeness (QED) is 0.870. The smallest absolute Gasteiger partial charge is 0.161 e. The highest BCUT2D eigenvalue weighted by Gasteiger charge is 2.25. The first kappa shape index (κ1) is 14.6. The first-order valence-corrected chi connectivity index (χ1v) is 6.87. The standard InChI is InChI=1S/C14H23N5O/c1-6-7-15-13(11-8-16-18(3)10(11)2)14-12(20-5)9-17-19(14)4/h8-9,13,15H,6-7H2,1-5H3. The van der Waals surface area contributed by atoms with Crippen LogP contribution in [0.1, 0.15) is 36.3 Å². The van der Waals surface area contributed by atoms with E-state index in [-0.39, 0.29) is 6.04 Å². The molecule has 0 aliphatic rings. The zero-order valence-electron chi connectivity index (χ0n) is 12.8. The molecule has 1 N–H and O–H groups in total. The van der Waals surface area contributed by atoms with Crippen molar-refractivity contribution in [1.29, 1.82) is 0 Å². The minimum Gasteiger partial charge on any atom is -0.493 e. The summed E-state index contributed by atoms with van der Waals surface area (Å²) in [6, 6.07) is 0.0334. The second-order valence-electron chi connectivity index (χ2n) is 4.92. The molecule has 2 rings (SSSR count). The van der Waals surface area contributed by atoms with Gasteiger partial charge in [-0.2, -0.15) is 10.2 Å². The Labute approximate surface area is 119 Å². The van der Waals surface area contributed by atoms with E-state index in [0.29, 0.717) is 0 Å². The van der Waals surface area contributed by atoms with E-state index < -0.39 is 0 Å². The van der Waals surface area contributed by atoms with E-state index in [9.17, 15) is 0 Å². The molecule has 0 aliphatic heterocycles. The van der Waals surface area contributed by atoms with Gasteiger partial charge in [0.1, 0.15) is 5.69 Å². The van der Waals surface area contributed by atoms with Crippen LogP contribution in [0.3, 0.4) is 0 Å². The number of aryl methyl sites for hydroxylation is 2. The molecule has 110 valence electrons. The average Bonchev–Trinajstić information content (AvgIpc) is 2.97. The van der Waals surface area contributed by atoms with Gasteiger partial charge in [-0.25, -0.2) is 0 Å². The van der Waals surface area contributed by atoms with E-state index >= 15 is 0 Å². The van der Waals surface area contributed by atoms with Crippen molar-refractivity contribution >= 4 is 0 Å². The van der Waals surface area contributed by atoms with Crippen molar-refractivity contribution in [3.05, 3.63) is 29.3 Å². The summed E-state index contributed by atoms with van der Waals surface area (Å²) in [5.41, 5.74) is 3.32. The van der Waals surface area contributed by atoms with Crippen molar-refractivity contribution in [1.82, 2.24) is 24.9 Å². The second kappa shape index (κ2) is 6.09. The third-order valence-electron chi connectivity index (χ3n) is 3.63. The van der Waals surface area contributed by atoms with Crippen LogP contribution in [-0.2, 0) is 14.1 Å². The molecule has 0 fully saturated rings. The molecular formula is C14H23N5O. The Hall–Kier alpha value is -1.82. The van der Waals surface area contributed by atoms with Crippen LogP contribution in [-0.4, -0.2) is 33.2 Å². The largest absolute Gasteiger partial charge is 0.493 e. The number of ether oxygens (including phenoxy) is 1. The van der Waals surface area contributed by atoms with Gasteiger partial charge in [-0.05, 0) is 19.9 Å². The van der Waals surface area contributed by atoms with Crippen LogP contribution in [0.5, 0.6) is 5.75 Å². The Morgan fingerprint density at radius 3 is 2.50 bits per heavy atom. The van der Waals surface area contributed by atoms with Gasteiger partial charge in [0.25, 0.3) is 0 Å². The molecule has 0 saturated carbocycles. The predicted molar refractivity (Wildman–Crippen MR) is 77.8 cm³/mol. The Balaban J connectivity index is 2.47. The van der Waals surface area contributed by atoms with Gasteiger partial charge in [-0.15, -0.1) is 0 Å². The molecule has 0 bridgehead atoms. The highest BCUT2D eigenvalue weighted by atomic mass is 16.5. The summed E-state index contributed by atoms with van der Waals surface area (Å²) in [6.07, 6.45) is 4.73. The summed E-state index contributed by atoms with van der Waals surface area (Å²) >= 11 is 0. The van der Waals surface area contributed by atoms with Gasteiger partial charge in [-0.3, -0.25) is 9.36 Å². The predicted octanol–water partition coefficient (Wildman–Crippen LogP) is 1.56. The van der Waals surface area contributed by atoms with Gasteiger partial charge >= 0.3 is 0 Å². The summed E-state index contributed by atoms with van der Waals surface area (Å²) in [7, 11) is 5.56. The van der Waals surface area contributed by atoms with Crippen molar-refractivity contribution in [2.75, 3.05) is 13.7 Å². The summed E-state index contributed by atoms with van der Waals surface area (Å²) in [5, 5.41) is 12.2. The number of methoxy groups -OCH3 is 1. The molecule has 0 amide bonds. The maximum absolute atomic E-state index is 5.44. The lowest BCUT2D eigenvalue weighted by atomic mass is 10.0. The molecule has 1 atom stereocenters. The summed E-state index contributed by atoms with van der Waals surface area (Å²) in [5.74, 6) is 0.796. The van der Waals surface area contributed by atoms with Gasteiger partial charge in [0.15, 0.2) is 5.75 Å². The molecule has 6 nitrogen and oxygen atoms in total. The van der Waals surface area contributed by atoms with Crippen molar-refractivity contribution < 1.29 is 4.74 Å². The van der Waals surface area contributed by atoms with Crippen LogP contribution in [0.2, 0.25) is 0 Å². The lowest BCUT2D eigenvalue weighted by molar-refractivity contribution is 0.400. The maximum atomic E-state index is 5.44. The third-order valence-corrected chi connectivity index (χ3v) is 3.63. The van der Waals surface area contributed by atoms with Crippen molar-refractivity contribution in [2.45, 2.75) is 26.3 Å². The molecule has 0 spiro atoms. The van der Waals surface area contributed by atoms with Gasteiger partial charge in [0.2, 0.25) is 0 Å². The fraction of sp³-hybridized carbons (Fsp3) is 0.571. The van der Waals surface area contributed by atoms with Gasteiger partial charge < -0.3 is 10.1 Å². The van der Waals surface area contributed by atoms with Gasteiger partial charge in [0, 0.05) is 25.4 Å². The minimum absolute atomic E-state index is 0.0334. The average molecular weight is 277 g/mol. The monoisotopic (exact) mass is 277 g/mol. The van der Waals surface area contributed by atoms with Crippen molar-refractivity contribution in [3.8, 4) is 5.75 Å². The SMILES string of the molecule is CCCNC(c1cnn(C)c1C)c1c(OC)cnn1C. The van der Waals surface area contributed by atoms with E-state index in [2.05, 4.69) is 29.4 Å². The minimum atomic E-state index is 0.0334. The lowest BCUT2D eigenvalue weighted by Crippen LogP contribution is -2.26. The van der Waals surface area contributed by atoms with Crippen LogP contribution >= 0.6 is 0 Å². The van der Waals surface area contributed by atoms with E-state index in [0.717, 1.165) is 35.7 Å². The van der Waals surface area contributed by atoms with Crippen LogP contribution in [0.25, 0.3) is 0 Å². The molecule has 6 heteroatoms. The Kier molecular flexibility index (Phi) is 4.44.